The number of carbonyl (C=O) groups is 1. The summed E-state index contributed by atoms with van der Waals surface area (Å²) in [7, 11) is 1.65. The second-order valence-corrected chi connectivity index (χ2v) is 7.71. The number of benzene rings is 1. The number of methoxy groups -OCH3 is 1. The van der Waals surface area contributed by atoms with Crippen molar-refractivity contribution in [1.29, 1.82) is 0 Å². The molecule has 0 bridgehead atoms. The molecule has 1 aromatic carbocycles. The number of amides is 1. The van der Waals surface area contributed by atoms with Gasteiger partial charge in [0.25, 0.3) is 5.91 Å². The van der Waals surface area contributed by atoms with Crippen LogP contribution in [0.1, 0.15) is 23.0 Å². The van der Waals surface area contributed by atoms with Crippen LogP contribution < -0.4 is 10.1 Å². The lowest BCUT2D eigenvalue weighted by molar-refractivity contribution is -0.123. The van der Waals surface area contributed by atoms with Gasteiger partial charge in [0.05, 0.1) is 4.58 Å². The van der Waals surface area contributed by atoms with E-state index in [-0.39, 0.29) is 12.5 Å². The third-order valence-corrected chi connectivity index (χ3v) is 6.21. The number of thioether (sulfide) groups is 2. The number of ether oxygens (including phenoxy) is 2. The van der Waals surface area contributed by atoms with E-state index in [2.05, 4.69) is 17.4 Å². The van der Waals surface area contributed by atoms with E-state index in [1.807, 2.05) is 35.7 Å². The largest absolute Gasteiger partial charge is 0.484 e. The van der Waals surface area contributed by atoms with Crippen molar-refractivity contribution in [3.8, 4) is 5.75 Å². The van der Waals surface area contributed by atoms with Gasteiger partial charge in [0.2, 0.25) is 0 Å². The standard InChI is InChI=1S/C16H23NO3S2/c1-19-9-2-8-17-15(18)12-20-14-6-4-13(5-7-14)16-21-10-3-11-22-16/h4-7,16H,2-3,8-12H2,1H3,(H,17,18). The van der Waals surface area contributed by atoms with Crippen molar-refractivity contribution in [3.05, 3.63) is 29.8 Å². The van der Waals surface area contributed by atoms with Crippen molar-refractivity contribution in [2.24, 2.45) is 0 Å². The number of hydrogen-bond acceptors (Lipinski definition) is 5. The van der Waals surface area contributed by atoms with E-state index in [4.69, 9.17) is 9.47 Å². The Balaban J connectivity index is 1.70. The fourth-order valence-corrected chi connectivity index (χ4v) is 4.94. The summed E-state index contributed by atoms with van der Waals surface area (Å²) in [6.45, 7) is 1.32. The SMILES string of the molecule is COCCCNC(=O)COc1ccc(C2SCCCS2)cc1. The van der Waals surface area contributed by atoms with Gasteiger partial charge in [-0.05, 0) is 42.0 Å². The molecule has 1 aromatic rings. The van der Waals surface area contributed by atoms with Crippen LogP contribution >= 0.6 is 23.5 Å². The average Bonchev–Trinajstić information content (AvgIpc) is 2.58. The number of hydrogen-bond donors (Lipinski definition) is 1. The zero-order valence-corrected chi connectivity index (χ0v) is 14.5. The zero-order valence-electron chi connectivity index (χ0n) is 12.9. The summed E-state index contributed by atoms with van der Waals surface area (Å²) in [5.74, 6) is 3.11. The van der Waals surface area contributed by atoms with Crippen LogP contribution in [0.3, 0.4) is 0 Å². The van der Waals surface area contributed by atoms with Crippen LogP contribution in [0.25, 0.3) is 0 Å². The smallest absolute Gasteiger partial charge is 0.257 e. The molecule has 0 atom stereocenters. The van der Waals surface area contributed by atoms with Crippen LogP contribution in [0.15, 0.2) is 24.3 Å². The molecule has 1 N–H and O–H groups in total. The Labute approximate surface area is 140 Å². The van der Waals surface area contributed by atoms with Crippen LogP contribution in [-0.2, 0) is 9.53 Å². The summed E-state index contributed by atoms with van der Waals surface area (Å²) in [5, 5.41) is 2.80. The van der Waals surface area contributed by atoms with Gasteiger partial charge in [-0.3, -0.25) is 4.79 Å². The van der Waals surface area contributed by atoms with Crippen LogP contribution in [0.5, 0.6) is 5.75 Å². The van der Waals surface area contributed by atoms with E-state index < -0.39 is 0 Å². The normalized spacial score (nSPS) is 15.5. The van der Waals surface area contributed by atoms with Crippen molar-refractivity contribution < 1.29 is 14.3 Å². The molecule has 1 heterocycles. The van der Waals surface area contributed by atoms with Gasteiger partial charge >= 0.3 is 0 Å². The van der Waals surface area contributed by atoms with Crippen molar-refractivity contribution in [1.82, 2.24) is 5.32 Å². The molecule has 0 spiro atoms. The Kier molecular flexibility index (Phi) is 7.98. The zero-order chi connectivity index (χ0) is 15.6. The summed E-state index contributed by atoms with van der Waals surface area (Å²) in [6, 6.07) is 8.09. The van der Waals surface area contributed by atoms with Crippen molar-refractivity contribution in [3.63, 3.8) is 0 Å². The highest BCUT2D eigenvalue weighted by Gasteiger charge is 2.16. The van der Waals surface area contributed by atoms with Gasteiger partial charge in [0.1, 0.15) is 5.75 Å². The number of rotatable bonds is 8. The molecule has 6 heteroatoms. The predicted molar refractivity (Wildman–Crippen MR) is 93.7 cm³/mol. The van der Waals surface area contributed by atoms with E-state index >= 15 is 0 Å². The molecule has 0 radical (unpaired) electrons. The molecule has 1 aliphatic heterocycles. The monoisotopic (exact) mass is 341 g/mol. The van der Waals surface area contributed by atoms with Crippen molar-refractivity contribution >= 4 is 29.4 Å². The molecule has 4 nitrogen and oxygen atoms in total. The molecule has 1 aliphatic rings. The van der Waals surface area contributed by atoms with Crippen molar-refractivity contribution in [2.45, 2.75) is 17.4 Å². The molecule has 1 saturated heterocycles. The molecule has 1 amide bonds. The van der Waals surface area contributed by atoms with Gasteiger partial charge in [-0.1, -0.05) is 12.1 Å². The maximum atomic E-state index is 11.6. The lowest BCUT2D eigenvalue weighted by Crippen LogP contribution is -2.30. The number of carbonyl (C=O) groups excluding carboxylic acids is 1. The highest BCUT2D eigenvalue weighted by Crippen LogP contribution is 2.43. The molecule has 0 unspecified atom stereocenters. The third-order valence-electron chi connectivity index (χ3n) is 3.20. The summed E-state index contributed by atoms with van der Waals surface area (Å²) in [4.78, 5) is 11.6. The van der Waals surface area contributed by atoms with Gasteiger partial charge in [0.15, 0.2) is 6.61 Å². The Bertz CT molecular complexity index is 447. The minimum absolute atomic E-state index is 0.0548. The second-order valence-electron chi connectivity index (χ2n) is 4.98. The third kappa shape index (κ3) is 6.10. The molecule has 2 rings (SSSR count). The van der Waals surface area contributed by atoms with Crippen LogP contribution in [0.2, 0.25) is 0 Å². The molecule has 22 heavy (non-hydrogen) atoms. The summed E-state index contributed by atoms with van der Waals surface area (Å²) in [6.07, 6.45) is 2.11. The summed E-state index contributed by atoms with van der Waals surface area (Å²) >= 11 is 4.00. The summed E-state index contributed by atoms with van der Waals surface area (Å²) < 4.78 is 11.0. The van der Waals surface area contributed by atoms with Crippen LogP contribution in [-0.4, -0.2) is 44.3 Å². The Morgan fingerprint density at radius 1 is 1.27 bits per heavy atom. The first kappa shape index (κ1) is 17.5. The summed E-state index contributed by atoms with van der Waals surface area (Å²) in [5.41, 5.74) is 1.33. The van der Waals surface area contributed by atoms with E-state index in [9.17, 15) is 4.79 Å². The highest BCUT2D eigenvalue weighted by atomic mass is 32.2. The van der Waals surface area contributed by atoms with Crippen molar-refractivity contribution in [2.75, 3.05) is 38.4 Å². The molecule has 0 aliphatic carbocycles. The quantitative estimate of drug-likeness (QED) is 0.736. The fraction of sp³-hybridized carbons (Fsp3) is 0.562. The molecule has 0 saturated carbocycles. The molecule has 1 fully saturated rings. The van der Waals surface area contributed by atoms with Gasteiger partial charge in [-0.25, -0.2) is 0 Å². The van der Waals surface area contributed by atoms with E-state index in [1.54, 1.807) is 7.11 Å². The van der Waals surface area contributed by atoms with E-state index in [1.165, 1.54) is 23.5 Å². The van der Waals surface area contributed by atoms with Gasteiger partial charge in [-0.2, -0.15) is 0 Å². The molecular weight excluding hydrogens is 318 g/mol. The maximum Gasteiger partial charge on any atom is 0.257 e. The first-order valence-corrected chi connectivity index (χ1v) is 9.61. The van der Waals surface area contributed by atoms with E-state index in [0.29, 0.717) is 17.7 Å². The molecular formula is C16H23NO3S2. The molecule has 0 aromatic heterocycles. The fourth-order valence-electron chi connectivity index (χ4n) is 2.05. The van der Waals surface area contributed by atoms with Gasteiger partial charge < -0.3 is 14.8 Å². The highest BCUT2D eigenvalue weighted by molar-refractivity contribution is 8.16. The maximum absolute atomic E-state index is 11.6. The van der Waals surface area contributed by atoms with Crippen LogP contribution in [0, 0.1) is 0 Å². The molecule has 122 valence electrons. The van der Waals surface area contributed by atoms with Crippen LogP contribution in [0.4, 0.5) is 0 Å². The Morgan fingerprint density at radius 3 is 2.68 bits per heavy atom. The average molecular weight is 341 g/mol. The first-order chi connectivity index (χ1) is 10.8. The predicted octanol–water partition coefficient (Wildman–Crippen LogP) is 3.09. The number of nitrogens with one attached hydrogen (secondary N) is 1. The lowest BCUT2D eigenvalue weighted by Gasteiger charge is -2.21. The second kappa shape index (κ2) is 10.0. The first-order valence-electron chi connectivity index (χ1n) is 7.51. The lowest BCUT2D eigenvalue weighted by atomic mass is 10.2. The minimum atomic E-state index is -0.0985. The van der Waals surface area contributed by atoms with Gasteiger partial charge in [-0.15, -0.1) is 23.5 Å². The Morgan fingerprint density at radius 2 is 2.00 bits per heavy atom. The Hall–Kier alpha value is -0.850. The van der Waals surface area contributed by atoms with Gasteiger partial charge in [0, 0.05) is 20.3 Å². The minimum Gasteiger partial charge on any atom is -0.484 e. The van der Waals surface area contributed by atoms with E-state index in [0.717, 1.165) is 12.2 Å². The topological polar surface area (TPSA) is 47.6 Å².